The highest BCUT2D eigenvalue weighted by molar-refractivity contribution is 9.10. The Bertz CT molecular complexity index is 1050. The van der Waals surface area contributed by atoms with E-state index in [0.717, 1.165) is 22.2 Å². The van der Waals surface area contributed by atoms with Crippen LogP contribution in [0.25, 0.3) is 6.08 Å². The lowest BCUT2D eigenvalue weighted by atomic mass is 10.1. The van der Waals surface area contributed by atoms with Crippen LogP contribution in [0.1, 0.15) is 18.1 Å². The Kier molecular flexibility index (Phi) is 7.19. The van der Waals surface area contributed by atoms with Crippen LogP contribution in [-0.4, -0.2) is 29.2 Å². The summed E-state index contributed by atoms with van der Waals surface area (Å²) in [5, 5.41) is -0.399. The first-order valence-electron chi connectivity index (χ1n) is 8.95. The van der Waals surface area contributed by atoms with Gasteiger partial charge in [0.2, 0.25) is 0 Å². The molecule has 0 N–H and O–H groups in total. The first kappa shape index (κ1) is 21.9. The molecule has 5 nitrogen and oxygen atoms in total. The SMILES string of the molecule is C#CCN1C(=O)S/C(=C/c2cc(OCC)c(OCc3ccc(F)cc3)cc2Br)C1=O. The summed E-state index contributed by atoms with van der Waals surface area (Å²) in [6, 6.07) is 9.48. The van der Waals surface area contributed by atoms with Crippen LogP contribution >= 0.6 is 27.7 Å². The van der Waals surface area contributed by atoms with E-state index in [1.807, 2.05) is 6.92 Å². The van der Waals surface area contributed by atoms with E-state index in [0.29, 0.717) is 28.1 Å². The highest BCUT2D eigenvalue weighted by Crippen LogP contribution is 2.38. The van der Waals surface area contributed by atoms with E-state index < -0.39 is 11.1 Å². The molecule has 1 aliphatic rings. The second kappa shape index (κ2) is 9.83. The maximum atomic E-state index is 13.1. The van der Waals surface area contributed by atoms with Crippen molar-refractivity contribution in [2.75, 3.05) is 13.2 Å². The van der Waals surface area contributed by atoms with Crippen LogP contribution in [0.2, 0.25) is 0 Å². The minimum Gasteiger partial charge on any atom is -0.490 e. The number of nitrogens with zero attached hydrogens (tertiary/aromatic N) is 1. The number of hydrogen-bond acceptors (Lipinski definition) is 5. The van der Waals surface area contributed by atoms with E-state index in [1.54, 1.807) is 30.3 Å². The molecule has 0 aliphatic carbocycles. The molecule has 1 heterocycles. The molecule has 0 bridgehead atoms. The van der Waals surface area contributed by atoms with Crippen LogP contribution in [0, 0.1) is 18.2 Å². The molecule has 2 amide bonds. The third kappa shape index (κ3) is 5.04. The molecule has 0 aromatic heterocycles. The number of hydrogen-bond donors (Lipinski definition) is 0. The summed E-state index contributed by atoms with van der Waals surface area (Å²) in [6.07, 6.45) is 6.83. The van der Waals surface area contributed by atoms with Gasteiger partial charge in [0.05, 0.1) is 18.1 Å². The number of rotatable bonds is 7. The molecule has 1 saturated heterocycles. The predicted octanol–water partition coefficient (Wildman–Crippen LogP) is 5.24. The summed E-state index contributed by atoms with van der Waals surface area (Å²) in [6.45, 7) is 2.42. The molecule has 3 rings (SSSR count). The van der Waals surface area contributed by atoms with Gasteiger partial charge in [0.25, 0.3) is 11.1 Å². The van der Waals surface area contributed by atoms with Gasteiger partial charge in [0, 0.05) is 4.47 Å². The Morgan fingerprint density at radius 3 is 2.57 bits per heavy atom. The predicted molar refractivity (Wildman–Crippen MR) is 118 cm³/mol. The number of imide groups is 1. The molecule has 30 heavy (non-hydrogen) atoms. The van der Waals surface area contributed by atoms with Gasteiger partial charge >= 0.3 is 0 Å². The molecule has 0 spiro atoms. The van der Waals surface area contributed by atoms with E-state index in [2.05, 4.69) is 21.9 Å². The Hall–Kier alpha value is -2.76. The number of benzene rings is 2. The van der Waals surface area contributed by atoms with Gasteiger partial charge in [-0.2, -0.15) is 0 Å². The third-order valence-electron chi connectivity index (χ3n) is 4.08. The summed E-state index contributed by atoms with van der Waals surface area (Å²) >= 11 is 4.31. The van der Waals surface area contributed by atoms with Gasteiger partial charge < -0.3 is 9.47 Å². The van der Waals surface area contributed by atoms with Crippen molar-refractivity contribution in [3.05, 3.63) is 62.7 Å². The minimum atomic E-state index is -0.426. The fourth-order valence-corrected chi connectivity index (χ4v) is 3.92. The first-order chi connectivity index (χ1) is 14.4. The molecular formula is C22H17BrFNO4S. The number of thioether (sulfide) groups is 1. The average Bonchev–Trinajstić information content (AvgIpc) is 2.98. The lowest BCUT2D eigenvalue weighted by Gasteiger charge is -2.14. The molecule has 1 aliphatic heterocycles. The lowest BCUT2D eigenvalue weighted by molar-refractivity contribution is -0.122. The average molecular weight is 490 g/mol. The second-order valence-corrected chi connectivity index (χ2v) is 7.99. The standard InChI is InChI=1S/C22H17BrFNO4S/c1-3-9-25-21(26)20(30-22(25)27)11-15-10-18(28-4-2)19(12-17(15)23)29-13-14-5-7-16(24)8-6-14/h1,5-8,10-12H,4,9,13H2,2H3/b20-11+. The number of terminal acetylenes is 1. The van der Waals surface area contributed by atoms with Crippen molar-refractivity contribution in [3.63, 3.8) is 0 Å². The van der Waals surface area contributed by atoms with Crippen LogP contribution in [0.3, 0.4) is 0 Å². The fraction of sp³-hybridized carbons (Fsp3) is 0.182. The van der Waals surface area contributed by atoms with Gasteiger partial charge in [-0.25, -0.2) is 4.39 Å². The van der Waals surface area contributed by atoms with Crippen LogP contribution in [0.5, 0.6) is 11.5 Å². The van der Waals surface area contributed by atoms with Gasteiger partial charge in [-0.3, -0.25) is 14.5 Å². The van der Waals surface area contributed by atoms with E-state index >= 15 is 0 Å². The molecule has 1 fully saturated rings. The minimum absolute atomic E-state index is 0.0659. The number of ether oxygens (including phenoxy) is 2. The van der Waals surface area contributed by atoms with Crippen molar-refractivity contribution in [3.8, 4) is 23.8 Å². The van der Waals surface area contributed by atoms with Gasteiger partial charge in [0.1, 0.15) is 12.4 Å². The van der Waals surface area contributed by atoms with Crippen molar-refractivity contribution in [2.24, 2.45) is 0 Å². The monoisotopic (exact) mass is 489 g/mol. The van der Waals surface area contributed by atoms with E-state index in [4.69, 9.17) is 15.9 Å². The van der Waals surface area contributed by atoms with Gasteiger partial charge in [-0.05, 0) is 60.2 Å². The first-order valence-corrected chi connectivity index (χ1v) is 10.6. The van der Waals surface area contributed by atoms with E-state index in [1.165, 1.54) is 12.1 Å². The van der Waals surface area contributed by atoms with E-state index in [9.17, 15) is 14.0 Å². The van der Waals surface area contributed by atoms with Gasteiger partial charge in [-0.1, -0.05) is 34.0 Å². The topological polar surface area (TPSA) is 55.8 Å². The Morgan fingerprint density at radius 2 is 1.90 bits per heavy atom. The zero-order valence-corrected chi connectivity index (χ0v) is 18.4. The third-order valence-corrected chi connectivity index (χ3v) is 5.67. The molecule has 2 aromatic rings. The smallest absolute Gasteiger partial charge is 0.294 e. The number of carbonyl (C=O) groups is 2. The second-order valence-electron chi connectivity index (χ2n) is 6.14. The fourth-order valence-electron chi connectivity index (χ4n) is 2.65. The molecule has 0 radical (unpaired) electrons. The molecule has 0 saturated carbocycles. The van der Waals surface area contributed by atoms with Crippen LogP contribution in [0.4, 0.5) is 9.18 Å². The molecule has 2 aromatic carbocycles. The Labute approximate surface area is 186 Å². The van der Waals surface area contributed by atoms with Crippen molar-refractivity contribution in [2.45, 2.75) is 13.5 Å². The molecule has 154 valence electrons. The summed E-state index contributed by atoms with van der Waals surface area (Å²) in [5.74, 6) is 2.54. The van der Waals surface area contributed by atoms with Crippen molar-refractivity contribution in [1.82, 2.24) is 4.90 Å². The van der Waals surface area contributed by atoms with Gasteiger partial charge in [-0.15, -0.1) is 6.42 Å². The van der Waals surface area contributed by atoms with Gasteiger partial charge in [0.15, 0.2) is 11.5 Å². The molecule has 8 heteroatoms. The number of amides is 2. The summed E-state index contributed by atoms with van der Waals surface area (Å²) in [4.78, 5) is 25.7. The van der Waals surface area contributed by atoms with Crippen molar-refractivity contribution < 1.29 is 23.5 Å². The molecule has 0 atom stereocenters. The zero-order chi connectivity index (χ0) is 21.7. The highest BCUT2D eigenvalue weighted by atomic mass is 79.9. The maximum absolute atomic E-state index is 13.1. The normalized spacial score (nSPS) is 14.9. The summed E-state index contributed by atoms with van der Waals surface area (Å²) < 4.78 is 25.3. The Morgan fingerprint density at radius 1 is 1.20 bits per heavy atom. The summed E-state index contributed by atoms with van der Waals surface area (Å²) in [7, 11) is 0. The number of halogens is 2. The largest absolute Gasteiger partial charge is 0.490 e. The zero-order valence-electron chi connectivity index (χ0n) is 16.0. The number of carbonyl (C=O) groups excluding carboxylic acids is 2. The van der Waals surface area contributed by atoms with Crippen LogP contribution in [-0.2, 0) is 11.4 Å². The highest BCUT2D eigenvalue weighted by Gasteiger charge is 2.34. The lowest BCUT2D eigenvalue weighted by Crippen LogP contribution is -2.28. The van der Waals surface area contributed by atoms with Crippen LogP contribution < -0.4 is 9.47 Å². The Balaban J connectivity index is 1.86. The van der Waals surface area contributed by atoms with Crippen molar-refractivity contribution in [1.29, 1.82) is 0 Å². The van der Waals surface area contributed by atoms with Crippen molar-refractivity contribution >= 4 is 44.9 Å². The molecular weight excluding hydrogens is 473 g/mol. The molecule has 0 unspecified atom stereocenters. The summed E-state index contributed by atoms with van der Waals surface area (Å²) in [5.41, 5.74) is 1.46. The maximum Gasteiger partial charge on any atom is 0.294 e. The van der Waals surface area contributed by atoms with Crippen LogP contribution in [0.15, 0.2) is 45.8 Å². The quantitative estimate of drug-likeness (QED) is 0.393. The van der Waals surface area contributed by atoms with E-state index in [-0.39, 0.29) is 23.9 Å².